The molecule has 1 saturated heterocycles. The standard InChI is InChI=1S/C13H18BNO3/c1-14(17)15-8-11(10-6-4-3-5-7-10)12(9-15)13(16)18-2/h3-7,11-12,17H,8-9H2,1-2H3/t11-,12+/m0/s1. The Morgan fingerprint density at radius 2 is 2.06 bits per heavy atom. The van der Waals surface area contributed by atoms with E-state index in [1.807, 2.05) is 35.1 Å². The highest BCUT2D eigenvalue weighted by Crippen LogP contribution is 2.33. The Morgan fingerprint density at radius 3 is 2.61 bits per heavy atom. The van der Waals surface area contributed by atoms with Crippen molar-refractivity contribution in [3.05, 3.63) is 35.9 Å². The molecule has 0 saturated carbocycles. The van der Waals surface area contributed by atoms with Crippen molar-refractivity contribution in [1.82, 2.24) is 4.81 Å². The van der Waals surface area contributed by atoms with Crippen LogP contribution >= 0.6 is 0 Å². The highest BCUT2D eigenvalue weighted by molar-refractivity contribution is 6.45. The molecule has 0 aromatic heterocycles. The first-order valence-electron chi connectivity index (χ1n) is 6.18. The molecule has 4 nitrogen and oxygen atoms in total. The van der Waals surface area contributed by atoms with Crippen LogP contribution in [0.5, 0.6) is 0 Å². The van der Waals surface area contributed by atoms with E-state index < -0.39 is 7.05 Å². The van der Waals surface area contributed by atoms with E-state index in [2.05, 4.69) is 0 Å². The number of nitrogens with zero attached hydrogens (tertiary/aromatic N) is 1. The Hall–Kier alpha value is -1.33. The summed E-state index contributed by atoms with van der Waals surface area (Å²) in [5.41, 5.74) is 1.12. The van der Waals surface area contributed by atoms with Gasteiger partial charge in [-0.2, -0.15) is 0 Å². The van der Waals surface area contributed by atoms with Gasteiger partial charge >= 0.3 is 13.0 Å². The molecule has 5 heteroatoms. The topological polar surface area (TPSA) is 49.8 Å². The molecule has 1 aromatic carbocycles. The van der Waals surface area contributed by atoms with Crippen molar-refractivity contribution >= 4 is 13.0 Å². The lowest BCUT2D eigenvalue weighted by Gasteiger charge is -2.16. The van der Waals surface area contributed by atoms with Crippen molar-refractivity contribution in [3.8, 4) is 0 Å². The average Bonchev–Trinajstić information content (AvgIpc) is 2.84. The number of methoxy groups -OCH3 is 1. The maximum atomic E-state index is 11.8. The molecule has 96 valence electrons. The van der Waals surface area contributed by atoms with Crippen LogP contribution in [0.2, 0.25) is 6.82 Å². The molecule has 0 spiro atoms. The number of ether oxygens (including phenoxy) is 1. The summed E-state index contributed by atoms with van der Waals surface area (Å²) < 4.78 is 4.87. The predicted molar refractivity (Wildman–Crippen MR) is 70.1 cm³/mol. The first kappa shape index (κ1) is 13.1. The van der Waals surface area contributed by atoms with Gasteiger partial charge in [-0.3, -0.25) is 4.79 Å². The van der Waals surface area contributed by atoms with Crippen LogP contribution in [0.15, 0.2) is 30.3 Å². The van der Waals surface area contributed by atoms with Gasteiger partial charge in [0.15, 0.2) is 0 Å². The van der Waals surface area contributed by atoms with Gasteiger partial charge in [0, 0.05) is 12.5 Å². The van der Waals surface area contributed by atoms with E-state index in [0.29, 0.717) is 13.1 Å². The zero-order valence-corrected chi connectivity index (χ0v) is 10.7. The van der Waals surface area contributed by atoms with Crippen molar-refractivity contribution in [3.63, 3.8) is 0 Å². The molecule has 1 fully saturated rings. The van der Waals surface area contributed by atoms with Gasteiger partial charge in [0.2, 0.25) is 0 Å². The molecule has 0 amide bonds. The lowest BCUT2D eigenvalue weighted by molar-refractivity contribution is -0.145. The highest BCUT2D eigenvalue weighted by atomic mass is 16.5. The molecular formula is C13H18BNO3. The van der Waals surface area contributed by atoms with Gasteiger partial charge in [0.05, 0.1) is 13.0 Å². The summed E-state index contributed by atoms with van der Waals surface area (Å²) in [5, 5.41) is 9.66. The lowest BCUT2D eigenvalue weighted by atomic mass is 9.85. The summed E-state index contributed by atoms with van der Waals surface area (Å²) in [6.07, 6.45) is 0. The molecule has 0 aliphatic carbocycles. The average molecular weight is 247 g/mol. The minimum Gasteiger partial charge on any atom is -0.469 e. The van der Waals surface area contributed by atoms with E-state index in [9.17, 15) is 9.82 Å². The molecule has 1 aliphatic rings. The molecule has 2 atom stereocenters. The SMILES string of the molecule is COC(=O)[C@@H]1CN(B(C)O)C[C@H]1c1ccccc1. The number of esters is 1. The molecule has 1 aromatic rings. The Kier molecular flexibility index (Phi) is 4.04. The number of rotatable bonds is 3. The Balaban J connectivity index is 2.23. The molecule has 0 unspecified atom stereocenters. The summed E-state index contributed by atoms with van der Waals surface area (Å²) in [4.78, 5) is 13.7. The predicted octanol–water partition coefficient (Wildman–Crippen LogP) is 0.985. The molecule has 2 rings (SSSR count). The van der Waals surface area contributed by atoms with E-state index >= 15 is 0 Å². The first-order valence-corrected chi connectivity index (χ1v) is 6.18. The number of hydrogen-bond acceptors (Lipinski definition) is 4. The van der Waals surface area contributed by atoms with Crippen LogP contribution < -0.4 is 0 Å². The van der Waals surface area contributed by atoms with Gasteiger partial charge in [-0.15, -0.1) is 0 Å². The molecule has 1 N–H and O–H groups in total. The zero-order chi connectivity index (χ0) is 13.1. The number of benzene rings is 1. The van der Waals surface area contributed by atoms with Crippen LogP contribution in [-0.4, -0.2) is 43.1 Å². The van der Waals surface area contributed by atoms with E-state index in [1.165, 1.54) is 7.11 Å². The first-order chi connectivity index (χ1) is 8.63. The van der Waals surface area contributed by atoms with Gasteiger partial charge in [0.1, 0.15) is 0 Å². The van der Waals surface area contributed by atoms with Crippen LogP contribution in [0, 0.1) is 5.92 Å². The zero-order valence-electron chi connectivity index (χ0n) is 10.7. The fourth-order valence-corrected chi connectivity index (χ4v) is 2.57. The normalized spacial score (nSPS) is 23.9. The largest absolute Gasteiger partial charge is 0.469 e. The number of hydrogen-bond donors (Lipinski definition) is 1. The third kappa shape index (κ3) is 2.57. The van der Waals surface area contributed by atoms with Gasteiger partial charge < -0.3 is 14.6 Å². The van der Waals surface area contributed by atoms with E-state index in [0.717, 1.165) is 5.56 Å². The lowest BCUT2D eigenvalue weighted by Crippen LogP contribution is -2.35. The fraction of sp³-hybridized carbons (Fsp3) is 0.462. The van der Waals surface area contributed by atoms with Crippen molar-refractivity contribution in [2.75, 3.05) is 20.2 Å². The Bertz CT molecular complexity index is 410. The van der Waals surface area contributed by atoms with Crippen LogP contribution in [0.1, 0.15) is 11.5 Å². The second-order valence-corrected chi connectivity index (χ2v) is 4.73. The second kappa shape index (κ2) is 5.54. The molecule has 18 heavy (non-hydrogen) atoms. The summed E-state index contributed by atoms with van der Waals surface area (Å²) in [6.45, 7) is 2.95. The summed E-state index contributed by atoms with van der Waals surface area (Å²) in [6, 6.07) is 9.93. The molecule has 1 heterocycles. The third-order valence-corrected chi connectivity index (χ3v) is 3.61. The van der Waals surface area contributed by atoms with Gasteiger partial charge in [0.25, 0.3) is 0 Å². The Morgan fingerprint density at radius 1 is 1.39 bits per heavy atom. The minimum atomic E-state index is -0.536. The van der Waals surface area contributed by atoms with Crippen LogP contribution in [0.25, 0.3) is 0 Å². The number of carbonyl (C=O) groups is 1. The monoisotopic (exact) mass is 247 g/mol. The smallest absolute Gasteiger partial charge is 0.376 e. The quantitative estimate of drug-likeness (QED) is 0.639. The highest BCUT2D eigenvalue weighted by Gasteiger charge is 2.41. The fourth-order valence-electron chi connectivity index (χ4n) is 2.57. The summed E-state index contributed by atoms with van der Waals surface area (Å²) in [5.74, 6) is -0.313. The number of carbonyl (C=O) groups excluding carboxylic acids is 1. The molecule has 0 radical (unpaired) electrons. The summed E-state index contributed by atoms with van der Waals surface area (Å²) in [7, 11) is 0.876. The van der Waals surface area contributed by atoms with Crippen LogP contribution in [-0.2, 0) is 9.53 Å². The van der Waals surface area contributed by atoms with E-state index in [-0.39, 0.29) is 17.8 Å². The van der Waals surface area contributed by atoms with Crippen LogP contribution in [0.3, 0.4) is 0 Å². The van der Waals surface area contributed by atoms with Crippen molar-refractivity contribution in [1.29, 1.82) is 0 Å². The molecular weight excluding hydrogens is 229 g/mol. The van der Waals surface area contributed by atoms with Gasteiger partial charge in [-0.25, -0.2) is 0 Å². The van der Waals surface area contributed by atoms with Gasteiger partial charge in [-0.05, 0) is 18.9 Å². The van der Waals surface area contributed by atoms with Crippen molar-refractivity contribution in [2.45, 2.75) is 12.7 Å². The maximum Gasteiger partial charge on any atom is 0.376 e. The third-order valence-electron chi connectivity index (χ3n) is 3.61. The van der Waals surface area contributed by atoms with Crippen molar-refractivity contribution < 1.29 is 14.6 Å². The Labute approximate surface area is 108 Å². The van der Waals surface area contributed by atoms with Crippen molar-refractivity contribution in [2.24, 2.45) is 5.92 Å². The molecule has 1 aliphatic heterocycles. The van der Waals surface area contributed by atoms with E-state index in [1.54, 1.807) is 6.82 Å². The second-order valence-electron chi connectivity index (χ2n) is 4.73. The van der Waals surface area contributed by atoms with Gasteiger partial charge in [-0.1, -0.05) is 30.3 Å². The maximum absolute atomic E-state index is 11.8. The van der Waals surface area contributed by atoms with Crippen LogP contribution in [0.4, 0.5) is 0 Å². The van der Waals surface area contributed by atoms with E-state index in [4.69, 9.17) is 4.74 Å². The minimum absolute atomic E-state index is 0.0910. The summed E-state index contributed by atoms with van der Waals surface area (Å²) >= 11 is 0. The molecule has 0 bridgehead atoms.